The van der Waals surface area contributed by atoms with E-state index in [-0.39, 0.29) is 5.91 Å². The number of rotatable bonds is 5. The summed E-state index contributed by atoms with van der Waals surface area (Å²) in [5.74, 6) is -0.0305. The van der Waals surface area contributed by atoms with Gasteiger partial charge in [0, 0.05) is 17.6 Å². The second-order valence-electron chi connectivity index (χ2n) is 4.60. The van der Waals surface area contributed by atoms with Crippen LogP contribution in [-0.4, -0.2) is 29.9 Å². The van der Waals surface area contributed by atoms with Gasteiger partial charge in [-0.05, 0) is 25.7 Å². The summed E-state index contributed by atoms with van der Waals surface area (Å²) in [5, 5.41) is 4.85. The van der Waals surface area contributed by atoms with Crippen LogP contribution in [0.25, 0.3) is 0 Å². The first kappa shape index (κ1) is 13.7. The van der Waals surface area contributed by atoms with Crippen molar-refractivity contribution in [3.8, 4) is 0 Å². The predicted molar refractivity (Wildman–Crippen MR) is 78.3 cm³/mol. The average molecular weight is 275 g/mol. The molecular weight excluding hydrogens is 258 g/mol. The minimum absolute atomic E-state index is 0.0305. The molecule has 0 fully saturated rings. The lowest BCUT2D eigenvalue weighted by Crippen LogP contribution is -2.18. The third-order valence-electron chi connectivity index (χ3n) is 2.60. The van der Waals surface area contributed by atoms with Crippen molar-refractivity contribution in [3.05, 3.63) is 46.4 Å². The highest BCUT2D eigenvalue weighted by Crippen LogP contribution is 2.16. The van der Waals surface area contributed by atoms with E-state index in [4.69, 9.17) is 0 Å². The van der Waals surface area contributed by atoms with Gasteiger partial charge in [0.25, 0.3) is 0 Å². The molecule has 4 nitrogen and oxygen atoms in total. The number of nitrogens with zero attached hydrogens (tertiary/aromatic N) is 2. The normalized spacial score (nSPS) is 10.7. The molecule has 1 N–H and O–H groups in total. The van der Waals surface area contributed by atoms with E-state index in [0.29, 0.717) is 6.42 Å². The Bertz CT molecular complexity index is 537. The van der Waals surface area contributed by atoms with Gasteiger partial charge in [-0.25, -0.2) is 4.98 Å². The van der Waals surface area contributed by atoms with Crippen LogP contribution in [0.5, 0.6) is 0 Å². The predicted octanol–water partition coefficient (Wildman–Crippen LogP) is 2.39. The molecule has 0 atom stereocenters. The number of anilines is 1. The van der Waals surface area contributed by atoms with E-state index < -0.39 is 0 Å². The summed E-state index contributed by atoms with van der Waals surface area (Å²) in [7, 11) is 4.02. The van der Waals surface area contributed by atoms with Crippen LogP contribution in [0.1, 0.15) is 11.3 Å². The molecule has 0 spiro atoms. The molecule has 1 amide bonds. The van der Waals surface area contributed by atoms with Crippen LogP contribution < -0.4 is 5.32 Å². The smallest absolute Gasteiger partial charge is 0.230 e. The first-order chi connectivity index (χ1) is 9.15. The maximum Gasteiger partial charge on any atom is 0.230 e. The van der Waals surface area contributed by atoms with E-state index in [1.54, 1.807) is 5.51 Å². The number of amides is 1. The number of carbonyl (C=O) groups is 1. The van der Waals surface area contributed by atoms with Gasteiger partial charge in [-0.3, -0.25) is 4.79 Å². The number of para-hydroxylation sites is 1. The number of thiazole rings is 1. The molecule has 1 aromatic carbocycles. The lowest BCUT2D eigenvalue weighted by molar-refractivity contribution is -0.115. The van der Waals surface area contributed by atoms with Gasteiger partial charge in [0.15, 0.2) is 0 Å². The van der Waals surface area contributed by atoms with E-state index >= 15 is 0 Å². The van der Waals surface area contributed by atoms with E-state index in [0.717, 1.165) is 23.5 Å². The largest absolute Gasteiger partial charge is 0.325 e. The van der Waals surface area contributed by atoms with Crippen LogP contribution in [0.2, 0.25) is 0 Å². The van der Waals surface area contributed by atoms with Gasteiger partial charge < -0.3 is 10.2 Å². The first-order valence-corrected chi connectivity index (χ1v) is 6.99. The zero-order chi connectivity index (χ0) is 13.7. The Morgan fingerprint density at radius 2 is 2.16 bits per heavy atom. The molecule has 0 bridgehead atoms. The molecule has 0 aliphatic rings. The fraction of sp³-hybridized carbons (Fsp3) is 0.286. The third kappa shape index (κ3) is 4.15. The van der Waals surface area contributed by atoms with Crippen molar-refractivity contribution in [2.75, 3.05) is 19.4 Å². The zero-order valence-corrected chi connectivity index (χ0v) is 11.9. The Kier molecular flexibility index (Phi) is 4.65. The summed E-state index contributed by atoms with van der Waals surface area (Å²) < 4.78 is 0. The number of carbonyl (C=O) groups excluding carboxylic acids is 1. The molecule has 2 aromatic rings. The Morgan fingerprint density at radius 1 is 1.37 bits per heavy atom. The molecule has 1 aromatic heterocycles. The fourth-order valence-electron chi connectivity index (χ4n) is 1.80. The summed E-state index contributed by atoms with van der Waals surface area (Å²) in [5.41, 5.74) is 4.53. The lowest BCUT2D eigenvalue weighted by atomic mass is 10.1. The van der Waals surface area contributed by atoms with Crippen LogP contribution in [0.4, 0.5) is 5.69 Å². The highest BCUT2D eigenvalue weighted by Gasteiger charge is 2.08. The summed E-state index contributed by atoms with van der Waals surface area (Å²) in [4.78, 5) is 18.2. The zero-order valence-electron chi connectivity index (χ0n) is 11.1. The van der Waals surface area contributed by atoms with E-state index in [1.165, 1.54) is 11.3 Å². The Morgan fingerprint density at radius 3 is 2.84 bits per heavy atom. The maximum absolute atomic E-state index is 12.0. The Hall–Kier alpha value is -1.72. The van der Waals surface area contributed by atoms with Gasteiger partial charge in [0.1, 0.15) is 0 Å². The van der Waals surface area contributed by atoms with E-state index in [2.05, 4.69) is 15.2 Å². The van der Waals surface area contributed by atoms with E-state index in [1.807, 2.05) is 43.7 Å². The molecule has 19 heavy (non-hydrogen) atoms. The molecule has 0 aliphatic carbocycles. The number of aromatic nitrogens is 1. The molecule has 100 valence electrons. The molecule has 1 heterocycles. The molecule has 2 rings (SSSR count). The summed E-state index contributed by atoms with van der Waals surface area (Å²) in [6.45, 7) is 0.799. The molecule has 0 aliphatic heterocycles. The second-order valence-corrected chi connectivity index (χ2v) is 5.32. The Balaban J connectivity index is 2.04. The first-order valence-electron chi connectivity index (χ1n) is 6.04. The fourth-order valence-corrected chi connectivity index (χ4v) is 2.36. The van der Waals surface area contributed by atoms with Crippen molar-refractivity contribution in [3.63, 3.8) is 0 Å². The molecule has 0 saturated heterocycles. The topological polar surface area (TPSA) is 45.2 Å². The van der Waals surface area contributed by atoms with Crippen molar-refractivity contribution < 1.29 is 4.79 Å². The van der Waals surface area contributed by atoms with Crippen molar-refractivity contribution in [1.29, 1.82) is 0 Å². The minimum Gasteiger partial charge on any atom is -0.325 e. The van der Waals surface area contributed by atoms with Gasteiger partial charge in [-0.15, -0.1) is 11.3 Å². The maximum atomic E-state index is 12.0. The quantitative estimate of drug-likeness (QED) is 0.911. The molecule has 0 saturated carbocycles. The third-order valence-corrected chi connectivity index (χ3v) is 3.24. The SMILES string of the molecule is CN(C)Cc1ccccc1NC(=O)Cc1cscn1. The van der Waals surface area contributed by atoms with Gasteiger partial charge in [-0.2, -0.15) is 0 Å². The van der Waals surface area contributed by atoms with Crippen LogP contribution in [-0.2, 0) is 17.8 Å². The lowest BCUT2D eigenvalue weighted by Gasteiger charge is -2.14. The van der Waals surface area contributed by atoms with Crippen LogP contribution in [0.15, 0.2) is 35.2 Å². The van der Waals surface area contributed by atoms with Crippen molar-refractivity contribution in [1.82, 2.24) is 9.88 Å². The van der Waals surface area contributed by atoms with Gasteiger partial charge >= 0.3 is 0 Å². The van der Waals surface area contributed by atoms with Crippen LogP contribution >= 0.6 is 11.3 Å². The second kappa shape index (κ2) is 6.45. The van der Waals surface area contributed by atoms with Crippen molar-refractivity contribution in [2.24, 2.45) is 0 Å². The summed E-state index contributed by atoms with van der Waals surface area (Å²) in [6.07, 6.45) is 0.319. The highest BCUT2D eigenvalue weighted by molar-refractivity contribution is 7.07. The summed E-state index contributed by atoms with van der Waals surface area (Å²) in [6, 6.07) is 7.86. The average Bonchev–Trinajstić information content (AvgIpc) is 2.83. The van der Waals surface area contributed by atoms with Gasteiger partial charge in [-0.1, -0.05) is 18.2 Å². The Labute approximate surface area is 117 Å². The number of hydrogen-bond donors (Lipinski definition) is 1. The highest BCUT2D eigenvalue weighted by atomic mass is 32.1. The monoisotopic (exact) mass is 275 g/mol. The van der Waals surface area contributed by atoms with Crippen LogP contribution in [0.3, 0.4) is 0 Å². The number of nitrogens with one attached hydrogen (secondary N) is 1. The molecular formula is C14H17N3OS. The molecule has 5 heteroatoms. The van der Waals surface area contributed by atoms with Crippen molar-refractivity contribution >= 4 is 22.9 Å². The number of hydrogen-bond acceptors (Lipinski definition) is 4. The standard InChI is InChI=1S/C14H17N3OS/c1-17(2)8-11-5-3-4-6-13(11)16-14(18)7-12-9-19-10-15-12/h3-6,9-10H,7-8H2,1-2H3,(H,16,18). The molecule has 0 radical (unpaired) electrons. The molecule has 0 unspecified atom stereocenters. The number of benzene rings is 1. The van der Waals surface area contributed by atoms with Gasteiger partial charge in [0.2, 0.25) is 5.91 Å². The van der Waals surface area contributed by atoms with E-state index in [9.17, 15) is 4.79 Å². The van der Waals surface area contributed by atoms with Gasteiger partial charge in [0.05, 0.1) is 17.6 Å². The van der Waals surface area contributed by atoms with Crippen molar-refractivity contribution in [2.45, 2.75) is 13.0 Å². The van der Waals surface area contributed by atoms with Crippen LogP contribution in [0, 0.1) is 0 Å². The summed E-state index contributed by atoms with van der Waals surface area (Å²) >= 11 is 1.50. The minimum atomic E-state index is -0.0305.